The van der Waals surface area contributed by atoms with Crippen molar-refractivity contribution in [3.63, 3.8) is 0 Å². The van der Waals surface area contributed by atoms with Crippen molar-refractivity contribution >= 4 is 12.3 Å². The van der Waals surface area contributed by atoms with Crippen LogP contribution in [0.25, 0.3) is 0 Å². The fourth-order valence-corrected chi connectivity index (χ4v) is 1.31. The van der Waals surface area contributed by atoms with Gasteiger partial charge in [-0.25, -0.2) is 4.79 Å². The standard InChI is InChI=1S/C11H9NO3/c1-7-9(6-13)4-3-8(5-12)10(7)11(14)15-2/h3-4,6H,1-2H3. The number of benzene rings is 1. The van der Waals surface area contributed by atoms with E-state index >= 15 is 0 Å². The van der Waals surface area contributed by atoms with Gasteiger partial charge in [-0.1, -0.05) is 6.07 Å². The average molecular weight is 203 g/mol. The molecule has 0 spiro atoms. The van der Waals surface area contributed by atoms with Crippen molar-refractivity contribution in [1.29, 1.82) is 5.26 Å². The van der Waals surface area contributed by atoms with E-state index in [4.69, 9.17) is 5.26 Å². The lowest BCUT2D eigenvalue weighted by molar-refractivity contribution is 0.0599. The highest BCUT2D eigenvalue weighted by Gasteiger charge is 2.17. The summed E-state index contributed by atoms with van der Waals surface area (Å²) in [5.74, 6) is -0.604. The minimum Gasteiger partial charge on any atom is -0.465 e. The Hall–Kier alpha value is -2.15. The molecule has 0 N–H and O–H groups in total. The number of ether oxygens (including phenoxy) is 1. The van der Waals surface area contributed by atoms with Crippen molar-refractivity contribution in [1.82, 2.24) is 0 Å². The average Bonchev–Trinajstić information content (AvgIpc) is 2.27. The maximum Gasteiger partial charge on any atom is 0.339 e. The number of hydrogen-bond acceptors (Lipinski definition) is 4. The Bertz CT molecular complexity index is 458. The molecule has 0 saturated heterocycles. The number of aldehydes is 1. The molecule has 1 aromatic carbocycles. The molecule has 0 bridgehead atoms. The molecule has 76 valence electrons. The van der Waals surface area contributed by atoms with Crippen LogP contribution in [0.4, 0.5) is 0 Å². The molecule has 0 aliphatic rings. The number of nitriles is 1. The van der Waals surface area contributed by atoms with Gasteiger partial charge in [0.1, 0.15) is 12.4 Å². The summed E-state index contributed by atoms with van der Waals surface area (Å²) in [6, 6.07) is 4.83. The lowest BCUT2D eigenvalue weighted by atomic mass is 9.98. The first-order valence-electron chi connectivity index (χ1n) is 4.23. The van der Waals surface area contributed by atoms with Gasteiger partial charge in [0.2, 0.25) is 0 Å². The van der Waals surface area contributed by atoms with Crippen LogP contribution in [-0.2, 0) is 4.74 Å². The zero-order chi connectivity index (χ0) is 11.4. The third-order valence-corrected chi connectivity index (χ3v) is 2.14. The SMILES string of the molecule is COC(=O)c1c(C#N)ccc(C=O)c1C. The van der Waals surface area contributed by atoms with E-state index < -0.39 is 5.97 Å². The molecule has 0 heterocycles. The van der Waals surface area contributed by atoms with Crippen molar-refractivity contribution in [2.24, 2.45) is 0 Å². The molecule has 0 amide bonds. The second-order valence-corrected chi connectivity index (χ2v) is 2.92. The van der Waals surface area contributed by atoms with Gasteiger partial charge in [0.15, 0.2) is 0 Å². The van der Waals surface area contributed by atoms with Gasteiger partial charge >= 0.3 is 5.97 Å². The number of methoxy groups -OCH3 is 1. The van der Waals surface area contributed by atoms with Crippen LogP contribution < -0.4 is 0 Å². The van der Waals surface area contributed by atoms with Crippen LogP contribution in [0.3, 0.4) is 0 Å². The van der Waals surface area contributed by atoms with Crippen LogP contribution in [0.15, 0.2) is 12.1 Å². The van der Waals surface area contributed by atoms with Gasteiger partial charge in [0, 0.05) is 5.56 Å². The van der Waals surface area contributed by atoms with E-state index in [2.05, 4.69) is 4.74 Å². The Kier molecular flexibility index (Phi) is 3.19. The minimum absolute atomic E-state index is 0.157. The molecule has 4 nitrogen and oxygen atoms in total. The Labute approximate surface area is 87.1 Å². The van der Waals surface area contributed by atoms with Crippen molar-refractivity contribution in [2.45, 2.75) is 6.92 Å². The fraction of sp³-hybridized carbons (Fsp3) is 0.182. The van der Waals surface area contributed by atoms with Crippen LogP contribution >= 0.6 is 0 Å². The largest absolute Gasteiger partial charge is 0.465 e. The van der Waals surface area contributed by atoms with E-state index in [0.29, 0.717) is 17.4 Å². The van der Waals surface area contributed by atoms with Gasteiger partial charge in [0.25, 0.3) is 0 Å². The number of esters is 1. The molecular formula is C11H9NO3. The normalized spacial score (nSPS) is 9.13. The molecule has 0 aliphatic carbocycles. The van der Waals surface area contributed by atoms with E-state index in [0.717, 1.165) is 0 Å². The Morgan fingerprint density at radius 1 is 1.53 bits per heavy atom. The predicted octanol–water partition coefficient (Wildman–Crippen LogP) is 1.47. The first kappa shape index (κ1) is 10.9. The highest BCUT2D eigenvalue weighted by Crippen LogP contribution is 2.18. The highest BCUT2D eigenvalue weighted by molar-refractivity contribution is 5.96. The first-order valence-corrected chi connectivity index (χ1v) is 4.23. The highest BCUT2D eigenvalue weighted by atomic mass is 16.5. The molecule has 0 unspecified atom stereocenters. The summed E-state index contributed by atoms with van der Waals surface area (Å²) in [6.07, 6.45) is 0.642. The number of rotatable bonds is 2. The molecule has 1 aromatic rings. The van der Waals surface area contributed by atoms with Crippen LogP contribution in [0, 0.1) is 18.3 Å². The number of carbonyl (C=O) groups is 2. The van der Waals surface area contributed by atoms with Crippen LogP contribution in [0.2, 0.25) is 0 Å². The topological polar surface area (TPSA) is 67.2 Å². The number of carbonyl (C=O) groups excluding carboxylic acids is 2. The van der Waals surface area contributed by atoms with Crippen molar-refractivity contribution in [2.75, 3.05) is 7.11 Å². The van der Waals surface area contributed by atoms with Crippen LogP contribution in [0.1, 0.15) is 31.8 Å². The second-order valence-electron chi connectivity index (χ2n) is 2.92. The van der Waals surface area contributed by atoms with Crippen molar-refractivity contribution in [3.05, 3.63) is 34.4 Å². The van der Waals surface area contributed by atoms with Gasteiger partial charge in [-0.2, -0.15) is 5.26 Å². The number of hydrogen-bond donors (Lipinski definition) is 0. The van der Waals surface area contributed by atoms with E-state index in [9.17, 15) is 9.59 Å². The molecule has 15 heavy (non-hydrogen) atoms. The minimum atomic E-state index is -0.604. The monoisotopic (exact) mass is 203 g/mol. The first-order chi connectivity index (χ1) is 7.15. The summed E-state index contributed by atoms with van der Waals surface area (Å²) >= 11 is 0. The Morgan fingerprint density at radius 3 is 2.67 bits per heavy atom. The Morgan fingerprint density at radius 2 is 2.20 bits per heavy atom. The van der Waals surface area contributed by atoms with Crippen LogP contribution in [0.5, 0.6) is 0 Å². The summed E-state index contributed by atoms with van der Waals surface area (Å²) in [5.41, 5.74) is 1.22. The van der Waals surface area contributed by atoms with Crippen LogP contribution in [-0.4, -0.2) is 19.4 Å². The maximum absolute atomic E-state index is 11.4. The summed E-state index contributed by atoms with van der Waals surface area (Å²) in [5, 5.41) is 8.80. The van der Waals surface area contributed by atoms with Gasteiger partial charge in [-0.3, -0.25) is 4.79 Å². The van der Waals surface area contributed by atoms with Crippen molar-refractivity contribution in [3.8, 4) is 6.07 Å². The summed E-state index contributed by atoms with van der Waals surface area (Å²) < 4.78 is 4.55. The molecule has 4 heteroatoms. The lowest BCUT2D eigenvalue weighted by Crippen LogP contribution is -2.08. The molecule has 0 saturated carbocycles. The molecule has 0 aliphatic heterocycles. The van der Waals surface area contributed by atoms with E-state index in [1.807, 2.05) is 6.07 Å². The molecule has 0 atom stereocenters. The smallest absolute Gasteiger partial charge is 0.339 e. The van der Waals surface area contributed by atoms with E-state index in [1.54, 1.807) is 6.92 Å². The third kappa shape index (κ3) is 1.86. The van der Waals surface area contributed by atoms with Crippen molar-refractivity contribution < 1.29 is 14.3 Å². The third-order valence-electron chi connectivity index (χ3n) is 2.14. The summed E-state index contributed by atoms with van der Waals surface area (Å²) in [4.78, 5) is 22.0. The van der Waals surface area contributed by atoms with E-state index in [1.165, 1.54) is 19.2 Å². The summed E-state index contributed by atoms with van der Waals surface area (Å²) in [7, 11) is 1.23. The van der Waals surface area contributed by atoms with E-state index in [-0.39, 0.29) is 11.1 Å². The molecule has 1 rings (SSSR count). The predicted molar refractivity (Wildman–Crippen MR) is 52.6 cm³/mol. The van der Waals surface area contributed by atoms with Gasteiger partial charge in [-0.15, -0.1) is 0 Å². The van der Waals surface area contributed by atoms with Gasteiger partial charge in [-0.05, 0) is 18.6 Å². The number of nitrogens with zero attached hydrogens (tertiary/aromatic N) is 1. The maximum atomic E-state index is 11.4. The summed E-state index contributed by atoms with van der Waals surface area (Å²) in [6.45, 7) is 1.61. The molecule has 0 radical (unpaired) electrons. The quantitative estimate of drug-likeness (QED) is 0.539. The zero-order valence-corrected chi connectivity index (χ0v) is 8.40. The molecule has 0 aromatic heterocycles. The molecule has 0 fully saturated rings. The van der Waals surface area contributed by atoms with Gasteiger partial charge < -0.3 is 4.74 Å². The fourth-order valence-electron chi connectivity index (χ4n) is 1.31. The Balaban J connectivity index is 3.51. The zero-order valence-electron chi connectivity index (χ0n) is 8.40. The lowest BCUT2D eigenvalue weighted by Gasteiger charge is -2.07. The molecular weight excluding hydrogens is 194 g/mol. The second kappa shape index (κ2) is 4.38. The van der Waals surface area contributed by atoms with Gasteiger partial charge in [0.05, 0.1) is 18.2 Å².